The molecule has 2 unspecified atom stereocenters. The Morgan fingerprint density at radius 1 is 0.445 bits per heavy atom. The van der Waals surface area contributed by atoms with Crippen LogP contribution in [0.2, 0.25) is 0 Å². The van der Waals surface area contributed by atoms with Gasteiger partial charge in [-0.25, -0.2) is 9.83 Å². The van der Waals surface area contributed by atoms with Crippen LogP contribution in [-0.4, -0.2) is 68.0 Å². The average Bonchev–Trinajstić information content (AvgIpc) is 1.52. The van der Waals surface area contributed by atoms with Gasteiger partial charge in [0, 0.05) is 50.9 Å². The highest BCUT2D eigenvalue weighted by molar-refractivity contribution is 6.85. The number of ether oxygens (including phenoxy) is 3. The highest BCUT2D eigenvalue weighted by Crippen LogP contribution is 2.39. The molecule has 14 heteroatoms. The largest absolute Gasteiger partial charge is 0.497 e. The first-order valence-electron chi connectivity index (χ1n) is 41.0. The van der Waals surface area contributed by atoms with Crippen LogP contribution in [0, 0.1) is 29.7 Å². The first-order chi connectivity index (χ1) is 54.3. The van der Waals surface area contributed by atoms with Crippen molar-refractivity contribution in [1.82, 2.24) is 28.9 Å². The van der Waals surface area contributed by atoms with Gasteiger partial charge in [-0.05, 0) is 91.6 Å². The molecule has 0 amide bonds. The average molecular weight is 1460 g/mol. The number of aromatic nitrogens is 6. The van der Waals surface area contributed by atoms with E-state index in [0.29, 0.717) is 91.3 Å². The van der Waals surface area contributed by atoms with E-state index in [0.717, 1.165) is 94.4 Å². The summed E-state index contributed by atoms with van der Waals surface area (Å²) < 4.78 is 25.0. The van der Waals surface area contributed by atoms with Crippen molar-refractivity contribution in [3.8, 4) is 45.8 Å². The second kappa shape index (κ2) is 40.8. The molecule has 0 saturated heterocycles. The predicted molar refractivity (Wildman–Crippen MR) is 457 cm³/mol. The van der Waals surface area contributed by atoms with Crippen LogP contribution in [-0.2, 0) is 6.61 Å². The second-order valence-corrected chi connectivity index (χ2v) is 29.8. The normalized spacial score (nSPS) is 12.5. The molecule has 0 radical (unpaired) electrons. The zero-order valence-corrected chi connectivity index (χ0v) is 65.4. The van der Waals surface area contributed by atoms with Gasteiger partial charge < -0.3 is 28.3 Å². The summed E-state index contributed by atoms with van der Waals surface area (Å²) in [4.78, 5) is 25.9. The number of benzene rings is 8. The van der Waals surface area contributed by atoms with Crippen LogP contribution in [0.25, 0.3) is 71.5 Å². The Morgan fingerprint density at radius 2 is 0.845 bits per heavy atom. The quantitative estimate of drug-likeness (QED) is 0.0225. The number of unbranched alkanes of at least 4 members (excludes halogenated alkanes) is 16. The van der Waals surface area contributed by atoms with E-state index in [1.807, 2.05) is 60.7 Å². The Morgan fingerprint density at radius 3 is 1.28 bits per heavy atom. The predicted octanol–water partition coefficient (Wildman–Crippen LogP) is 19.7. The Hall–Kier alpha value is -10.5. The molecule has 0 saturated carbocycles. The smallest absolute Gasteiger partial charge is 0.328 e. The van der Waals surface area contributed by atoms with Gasteiger partial charge in [0.15, 0.2) is 0 Å². The van der Waals surface area contributed by atoms with E-state index < -0.39 is 13.7 Å². The summed E-state index contributed by atoms with van der Waals surface area (Å²) in [6, 6.07) is 73.4. The zero-order valence-electron chi connectivity index (χ0n) is 65.4. The van der Waals surface area contributed by atoms with Gasteiger partial charge in [0.05, 0.1) is 72.8 Å². The standard InChI is InChI=1S/C96H108B2N8O4/c1-7-11-15-19-21-29-43-71(41-27-17-13-9-3)69-109-81-55-39-45-74(62-81)93-90-91(96(92(100-5)89-67-102-86-61-73(68-107)57-59-84(86)104-89)106(93)98(78-51-35-25-36-52-78)79-53-37-26-38-54-79)94(75-46-40-56-82(63-75)110-70-72(42-28-18-14-10-4)44-30-22-20-16-12-8-2)105(97(76-47-31-23-32-48-76)77-49-33-24-34-50-77)95(90)83(65-99)88-66-101-87-64-80(108-6)58-60-85(87)103-88/h23-26,31-40,45-64,66-67,71-72,107H,7-22,27-30,41-44,68-70H2,1-4,6H3/b95-83-,96-92+. The molecule has 0 bridgehead atoms. The van der Waals surface area contributed by atoms with Crippen molar-refractivity contribution in [2.75, 3.05) is 20.3 Å². The second-order valence-electron chi connectivity index (χ2n) is 29.8. The Kier molecular flexibility index (Phi) is 29.3. The van der Waals surface area contributed by atoms with E-state index in [1.54, 1.807) is 19.5 Å². The number of hydrogen-bond acceptors (Lipinski definition) is 9. The van der Waals surface area contributed by atoms with Crippen LogP contribution in [0.4, 0.5) is 0 Å². The molecule has 4 aromatic heterocycles. The number of rotatable bonds is 42. The van der Waals surface area contributed by atoms with Gasteiger partial charge in [0.25, 0.3) is 0 Å². The minimum absolute atomic E-state index is 0.167. The van der Waals surface area contributed by atoms with E-state index in [9.17, 15) is 16.9 Å². The number of aliphatic hydroxyl groups excluding tert-OH is 1. The van der Waals surface area contributed by atoms with E-state index in [2.05, 4.69) is 188 Å². The lowest BCUT2D eigenvalue weighted by Gasteiger charge is -2.25. The van der Waals surface area contributed by atoms with Gasteiger partial charge in [0.2, 0.25) is 5.70 Å². The molecule has 0 spiro atoms. The lowest BCUT2D eigenvalue weighted by Crippen LogP contribution is -2.54. The zero-order chi connectivity index (χ0) is 76.2. The fourth-order valence-corrected chi connectivity index (χ4v) is 16.1. The summed E-state index contributed by atoms with van der Waals surface area (Å²) in [7, 11) is 1.64. The van der Waals surface area contributed by atoms with Crippen LogP contribution in [0.15, 0.2) is 219 Å². The first-order valence-corrected chi connectivity index (χ1v) is 41.0. The third-order valence-electron chi connectivity index (χ3n) is 21.9. The minimum Gasteiger partial charge on any atom is -0.497 e. The molecule has 0 fully saturated rings. The topological polar surface area (TPSA) is 137 Å². The lowest BCUT2D eigenvalue weighted by molar-refractivity contribution is 0.224. The molecule has 2 atom stereocenters. The molecule has 8 aromatic carbocycles. The fraction of sp³-hybridized carbons (Fsp3) is 0.354. The van der Waals surface area contributed by atoms with Gasteiger partial charge in [-0.1, -0.05) is 330 Å². The summed E-state index contributed by atoms with van der Waals surface area (Å²) in [5.74, 6) is 2.81. The van der Waals surface area contributed by atoms with Crippen molar-refractivity contribution in [2.24, 2.45) is 11.8 Å². The van der Waals surface area contributed by atoms with Crippen LogP contribution in [0.3, 0.4) is 0 Å². The highest BCUT2D eigenvalue weighted by Gasteiger charge is 2.38. The van der Waals surface area contributed by atoms with E-state index >= 15 is 0 Å². The minimum atomic E-state index is -0.633. The summed E-state index contributed by atoms with van der Waals surface area (Å²) in [5, 5.41) is 25.8. The van der Waals surface area contributed by atoms with Crippen LogP contribution in [0.1, 0.15) is 199 Å². The maximum atomic E-state index is 12.9. The summed E-state index contributed by atoms with van der Waals surface area (Å²) in [5.41, 5.74) is 11.2. The molecule has 12 aromatic rings. The molecule has 1 N–H and O–H groups in total. The third-order valence-corrected chi connectivity index (χ3v) is 21.9. The molecule has 110 heavy (non-hydrogen) atoms. The number of methoxy groups -OCH3 is 1. The molecular formula is C96H108B2N8O4. The van der Waals surface area contributed by atoms with Crippen LogP contribution >= 0.6 is 0 Å². The molecule has 0 aliphatic heterocycles. The first kappa shape index (κ1) is 79.0. The maximum Gasteiger partial charge on any atom is 0.328 e. The lowest BCUT2D eigenvalue weighted by atomic mass is 9.50. The van der Waals surface area contributed by atoms with Crippen molar-refractivity contribution < 1.29 is 19.3 Å². The van der Waals surface area contributed by atoms with Crippen molar-refractivity contribution in [1.29, 1.82) is 5.26 Å². The number of aliphatic hydroxyl groups is 1. The summed E-state index contributed by atoms with van der Waals surface area (Å²) in [6.45, 7) is 18.8. The molecule has 12 nitrogen and oxygen atoms in total. The Bertz CT molecular complexity index is 4750. The Balaban J connectivity index is 1.26. The number of hydrogen-bond donors (Lipinski definition) is 1. The third kappa shape index (κ3) is 19.5. The van der Waals surface area contributed by atoms with Crippen molar-refractivity contribution in [3.63, 3.8) is 0 Å². The Labute approximate surface area is 653 Å². The molecule has 0 aliphatic carbocycles. The molecule has 12 rings (SSSR count). The van der Waals surface area contributed by atoms with Gasteiger partial charge in [-0.15, -0.1) is 0 Å². The van der Waals surface area contributed by atoms with Gasteiger partial charge in [-0.2, -0.15) is 5.26 Å². The molecule has 4 heterocycles. The highest BCUT2D eigenvalue weighted by atomic mass is 16.5. The van der Waals surface area contributed by atoms with E-state index in [-0.39, 0.29) is 17.9 Å². The molecule has 562 valence electrons. The number of nitriles is 1. The summed E-state index contributed by atoms with van der Waals surface area (Å²) in [6.07, 6.45) is 32.2. The molecular weight excluding hydrogens is 1350 g/mol. The van der Waals surface area contributed by atoms with E-state index in [1.165, 1.54) is 116 Å². The fourth-order valence-electron chi connectivity index (χ4n) is 16.1. The van der Waals surface area contributed by atoms with Gasteiger partial charge >= 0.3 is 13.7 Å². The van der Waals surface area contributed by atoms with Gasteiger partial charge in [0.1, 0.15) is 34.6 Å². The number of fused-ring (bicyclic) bond motifs is 3. The van der Waals surface area contributed by atoms with Crippen molar-refractivity contribution in [3.05, 3.63) is 258 Å². The van der Waals surface area contributed by atoms with Gasteiger partial charge in [-0.3, -0.25) is 15.0 Å². The van der Waals surface area contributed by atoms with Crippen LogP contribution < -0.4 is 46.8 Å². The monoisotopic (exact) mass is 1460 g/mol. The van der Waals surface area contributed by atoms with E-state index in [4.69, 9.17) is 39.0 Å². The maximum absolute atomic E-state index is 12.9. The SMILES string of the molecule is [C-]#[N+]/C(c1cnc2cc(CO)ccc2n1)=c1\c2c(-c3cccc(OCC(CCCCCC)CCCCCCCC)c3)n(B(c3ccccc3)c3ccccc3)/c(=C(/C#N)c3cnc4cc(OC)ccc4n3)c2c(-c2cccc(OCC(CCCCCC)CCCCCCCC)c2)n1B(c1ccccc1)c1ccccc1. The van der Waals surface area contributed by atoms with Crippen molar-refractivity contribution in [2.45, 2.75) is 188 Å². The summed E-state index contributed by atoms with van der Waals surface area (Å²) >= 11 is 0. The van der Waals surface area contributed by atoms with Crippen LogP contribution in [0.5, 0.6) is 17.2 Å². The molecule has 0 aliphatic rings. The number of nitrogens with zero attached hydrogens (tertiary/aromatic N) is 8. The van der Waals surface area contributed by atoms with Crippen molar-refractivity contribution >= 4 is 79.7 Å².